The number of carbonyl (C=O) groups excluding carboxylic acids is 3. The molecule has 0 bridgehead atoms. The first-order chi connectivity index (χ1) is 22.1. The first kappa shape index (κ1) is 36.0. The first-order valence-corrected chi connectivity index (χ1v) is 14.2. The van der Waals surface area contributed by atoms with Crippen LogP contribution in [0.3, 0.4) is 0 Å². The Balaban J connectivity index is 0.00000192. The Morgan fingerprint density at radius 1 is 1.23 bits per heavy atom. The topological polar surface area (TPSA) is 173 Å². The Morgan fingerprint density at radius 3 is 2.51 bits per heavy atom. The zero-order chi connectivity index (χ0) is 35.1. The fraction of sp³-hybridized carbons (Fsp3) is 0.355. The Kier molecular flexibility index (Phi) is 11.3. The number of hydrogen-bond donors (Lipinski definition) is 2. The molecule has 1 atom stereocenters. The zero-order valence-corrected chi connectivity index (χ0v) is 26.3. The van der Waals surface area contributed by atoms with Gasteiger partial charge in [0.15, 0.2) is 0 Å². The number of benzene rings is 2. The van der Waals surface area contributed by atoms with Crippen LogP contribution in [0.25, 0.3) is 0 Å². The molecule has 1 aliphatic heterocycles. The smallest absolute Gasteiger partial charge is 0.416 e. The van der Waals surface area contributed by atoms with Crippen molar-refractivity contribution in [2.75, 3.05) is 39.7 Å². The van der Waals surface area contributed by atoms with Gasteiger partial charge in [-0.25, -0.2) is 19.3 Å². The van der Waals surface area contributed by atoms with E-state index in [9.17, 15) is 32.8 Å². The molecule has 2 heterocycles. The number of nitrogens with zero attached hydrogens (tertiary/aromatic N) is 5. The molecule has 0 fully saturated rings. The monoisotopic (exact) mass is 657 g/mol. The molecule has 0 saturated carbocycles. The third kappa shape index (κ3) is 8.05. The van der Waals surface area contributed by atoms with E-state index in [2.05, 4.69) is 21.6 Å². The van der Waals surface area contributed by atoms with E-state index in [1.807, 2.05) is 14.1 Å². The lowest BCUT2D eigenvalue weighted by molar-refractivity contribution is -0.903. The lowest BCUT2D eigenvalue weighted by Crippen LogP contribution is -2.41. The standard InChI is InChI=1S/C30H32F3N7O4.CH2O2/c1-18-25(27(42)44-5)26(23-12-11-19(16-34)14-20(23)17-40(3,4)13-7-10-24(41)35-2)39-28(36-37-29(39)43)38(18)22-9-6-8-21(15-22)30(31,32)33;2-1-3/h6,8-9,11-12,14-15,26H,7,10,13,17H2,1-5H3,(H-,35,37,41,43);1H,(H,2,3)/t26-;/m1./s1. The summed E-state index contributed by atoms with van der Waals surface area (Å²) < 4.78 is 47.6. The summed E-state index contributed by atoms with van der Waals surface area (Å²) in [5, 5.41) is 27.1. The van der Waals surface area contributed by atoms with E-state index in [1.54, 1.807) is 32.2 Å². The van der Waals surface area contributed by atoms with E-state index in [-0.39, 0.29) is 28.8 Å². The molecule has 3 aromatic rings. The molecule has 4 rings (SSSR count). The number of halogens is 3. The number of alkyl halides is 3. The predicted molar refractivity (Wildman–Crippen MR) is 160 cm³/mol. The second kappa shape index (κ2) is 14.8. The van der Waals surface area contributed by atoms with Crippen molar-refractivity contribution in [3.8, 4) is 6.07 Å². The van der Waals surface area contributed by atoms with Crippen LogP contribution in [0, 0.1) is 11.3 Å². The quantitative estimate of drug-likeness (QED) is 0.199. The van der Waals surface area contributed by atoms with E-state index >= 15 is 0 Å². The molecule has 2 aromatic carbocycles. The minimum Gasteiger partial charge on any atom is -0.554 e. The van der Waals surface area contributed by atoms with Gasteiger partial charge < -0.3 is 24.4 Å². The largest absolute Gasteiger partial charge is 0.554 e. The minimum atomic E-state index is -4.63. The predicted octanol–water partition coefficient (Wildman–Crippen LogP) is 2.12. The summed E-state index contributed by atoms with van der Waals surface area (Å²) in [7, 11) is 6.66. The van der Waals surface area contributed by atoms with Gasteiger partial charge in [0.2, 0.25) is 11.9 Å². The van der Waals surface area contributed by atoms with Gasteiger partial charge in [-0.2, -0.15) is 18.4 Å². The number of aromatic nitrogens is 3. The molecule has 250 valence electrons. The van der Waals surface area contributed by atoms with Crippen LogP contribution < -0.4 is 21.0 Å². The Labute approximate surface area is 268 Å². The van der Waals surface area contributed by atoms with Gasteiger partial charge in [0, 0.05) is 43.3 Å². The van der Waals surface area contributed by atoms with Gasteiger partial charge in [-0.3, -0.25) is 9.69 Å². The first-order valence-electron chi connectivity index (χ1n) is 14.2. The molecule has 1 aromatic heterocycles. The second-order valence-electron chi connectivity index (χ2n) is 11.2. The lowest BCUT2D eigenvalue weighted by atomic mass is 9.89. The number of anilines is 2. The molecule has 0 aliphatic carbocycles. The highest BCUT2D eigenvalue weighted by Crippen LogP contribution is 2.43. The number of nitriles is 1. The summed E-state index contributed by atoms with van der Waals surface area (Å²) in [5.41, 5.74) is 0.154. The average Bonchev–Trinajstić information content (AvgIpc) is 3.40. The highest BCUT2D eigenvalue weighted by Gasteiger charge is 2.41. The molecule has 0 spiro atoms. The summed E-state index contributed by atoms with van der Waals surface area (Å²) >= 11 is 0. The number of nitrogens with one attached hydrogen (secondary N) is 2. The number of H-pyrrole nitrogens is 1. The highest BCUT2D eigenvalue weighted by molar-refractivity contribution is 5.93. The summed E-state index contributed by atoms with van der Waals surface area (Å²) in [6.07, 6.45) is -3.71. The number of amides is 1. The van der Waals surface area contributed by atoms with Gasteiger partial charge in [0.05, 0.1) is 50.5 Å². The van der Waals surface area contributed by atoms with E-state index in [1.165, 1.54) is 28.7 Å². The van der Waals surface area contributed by atoms with Crippen LogP contribution in [0.2, 0.25) is 0 Å². The van der Waals surface area contributed by atoms with Gasteiger partial charge in [0.1, 0.15) is 12.6 Å². The molecular weight excluding hydrogens is 623 g/mol. The van der Waals surface area contributed by atoms with Gasteiger partial charge in [0.25, 0.3) is 0 Å². The SMILES string of the molecule is CNC(=O)CCC[N+](C)(C)Cc1cc(C#N)ccc1[C@@H]1C(C(=O)OC)=C(C)N(c2cccc(C(F)(F)F)c2)c2n[nH]c(=O)n21.O=C[O-]. The third-order valence-corrected chi connectivity index (χ3v) is 7.59. The maximum absolute atomic E-state index is 13.6. The number of rotatable bonds is 9. The van der Waals surface area contributed by atoms with Crippen LogP contribution >= 0.6 is 0 Å². The van der Waals surface area contributed by atoms with Crippen molar-refractivity contribution in [3.63, 3.8) is 0 Å². The molecular formula is C31H34F3N7O6. The number of methoxy groups -OCH3 is 1. The van der Waals surface area contributed by atoms with Crippen molar-refractivity contribution >= 4 is 30.0 Å². The normalized spacial score (nSPS) is 14.4. The van der Waals surface area contributed by atoms with Crippen molar-refractivity contribution < 1.29 is 41.9 Å². The second-order valence-corrected chi connectivity index (χ2v) is 11.2. The summed E-state index contributed by atoms with van der Waals surface area (Å²) in [6.45, 7) is 2.01. The van der Waals surface area contributed by atoms with E-state index in [0.29, 0.717) is 47.1 Å². The Hall–Kier alpha value is -5.43. The molecule has 47 heavy (non-hydrogen) atoms. The van der Waals surface area contributed by atoms with Crippen molar-refractivity contribution in [3.05, 3.63) is 86.5 Å². The van der Waals surface area contributed by atoms with Gasteiger partial charge in [-0.05, 0) is 42.8 Å². The van der Waals surface area contributed by atoms with Crippen molar-refractivity contribution in [1.29, 1.82) is 5.26 Å². The molecule has 1 aliphatic rings. The molecule has 0 radical (unpaired) electrons. The maximum atomic E-state index is 13.6. The maximum Gasteiger partial charge on any atom is 0.416 e. The van der Waals surface area contributed by atoms with Gasteiger partial charge in [-0.15, -0.1) is 5.10 Å². The Bertz CT molecular complexity index is 1770. The fourth-order valence-electron chi connectivity index (χ4n) is 5.49. The molecule has 2 N–H and O–H groups in total. The third-order valence-electron chi connectivity index (χ3n) is 7.59. The fourth-order valence-corrected chi connectivity index (χ4v) is 5.49. The molecule has 1 amide bonds. The summed E-state index contributed by atoms with van der Waals surface area (Å²) in [4.78, 5) is 48.1. The van der Waals surface area contributed by atoms with E-state index in [4.69, 9.17) is 14.6 Å². The van der Waals surface area contributed by atoms with Crippen LogP contribution in [-0.2, 0) is 31.8 Å². The molecule has 0 saturated heterocycles. The Morgan fingerprint density at radius 2 is 1.91 bits per heavy atom. The number of quaternary nitrogens is 1. The van der Waals surface area contributed by atoms with E-state index in [0.717, 1.165) is 12.1 Å². The molecule has 0 unspecified atom stereocenters. The van der Waals surface area contributed by atoms with Crippen LogP contribution in [0.15, 0.2) is 58.5 Å². The van der Waals surface area contributed by atoms with Crippen molar-refractivity contribution in [1.82, 2.24) is 20.1 Å². The number of hydrogen-bond acceptors (Lipinski definition) is 9. The lowest BCUT2D eigenvalue weighted by Gasteiger charge is -2.37. The number of esters is 1. The molecule has 13 nitrogen and oxygen atoms in total. The minimum absolute atomic E-state index is 0.0109. The highest BCUT2D eigenvalue weighted by atomic mass is 19.4. The van der Waals surface area contributed by atoms with Crippen molar-refractivity contribution in [2.45, 2.75) is 38.5 Å². The van der Waals surface area contributed by atoms with Crippen LogP contribution in [0.5, 0.6) is 0 Å². The van der Waals surface area contributed by atoms with Crippen LogP contribution in [-0.4, -0.2) is 72.4 Å². The summed E-state index contributed by atoms with van der Waals surface area (Å²) in [6, 6.07) is 10.4. The van der Waals surface area contributed by atoms with Gasteiger partial charge in [-0.1, -0.05) is 12.1 Å². The number of allylic oxidation sites excluding steroid dienone is 1. The number of carboxylic acid groups (broad SMARTS) is 1. The average molecular weight is 658 g/mol. The molecule has 16 heteroatoms. The van der Waals surface area contributed by atoms with E-state index < -0.39 is 35.9 Å². The van der Waals surface area contributed by atoms with Crippen LogP contribution in [0.1, 0.15) is 48.1 Å². The zero-order valence-electron chi connectivity index (χ0n) is 26.3. The number of fused-ring (bicyclic) bond motifs is 1. The number of carbonyl (C=O) groups is 3. The number of ether oxygens (including phenoxy) is 1. The number of aromatic amines is 1. The van der Waals surface area contributed by atoms with Crippen LogP contribution in [0.4, 0.5) is 24.8 Å². The summed E-state index contributed by atoms with van der Waals surface area (Å²) in [5.74, 6) is -0.906. The van der Waals surface area contributed by atoms with Gasteiger partial charge >= 0.3 is 17.8 Å². The van der Waals surface area contributed by atoms with Crippen molar-refractivity contribution in [2.24, 2.45) is 0 Å².